The fourth-order valence-corrected chi connectivity index (χ4v) is 2.76. The first-order valence-electron chi connectivity index (χ1n) is 6.87. The van der Waals surface area contributed by atoms with E-state index < -0.39 is 11.7 Å². The van der Waals surface area contributed by atoms with Crippen LogP contribution >= 0.6 is 11.3 Å². The van der Waals surface area contributed by atoms with Crippen LogP contribution in [0.3, 0.4) is 0 Å². The van der Waals surface area contributed by atoms with Crippen LogP contribution in [0.15, 0.2) is 35.8 Å². The maximum Gasteiger partial charge on any atom is 0.275 e. The Morgan fingerprint density at radius 3 is 2.79 bits per heavy atom. The SMILES string of the molecule is CC(=O)Nc1nc(C(=O)Nc2cn[nH]c2-c2ccccc2F)cs1. The molecule has 3 N–H and O–H groups in total. The normalized spacial score (nSPS) is 10.4. The van der Waals surface area contributed by atoms with Crippen LogP contribution in [0.1, 0.15) is 17.4 Å². The summed E-state index contributed by atoms with van der Waals surface area (Å²) in [5.74, 6) is -1.19. The van der Waals surface area contributed by atoms with Gasteiger partial charge in [-0.2, -0.15) is 5.10 Å². The van der Waals surface area contributed by atoms with Crippen LogP contribution in [0.5, 0.6) is 0 Å². The van der Waals surface area contributed by atoms with E-state index in [4.69, 9.17) is 0 Å². The molecule has 0 unspecified atom stereocenters. The monoisotopic (exact) mass is 345 g/mol. The Hall–Kier alpha value is -3.07. The van der Waals surface area contributed by atoms with Crippen LogP contribution in [-0.2, 0) is 4.79 Å². The van der Waals surface area contributed by atoms with E-state index in [1.54, 1.807) is 18.2 Å². The number of nitrogens with one attached hydrogen (secondary N) is 3. The molecule has 0 saturated carbocycles. The molecule has 0 saturated heterocycles. The minimum absolute atomic E-state index is 0.143. The molecule has 0 aliphatic heterocycles. The van der Waals surface area contributed by atoms with E-state index in [0.717, 1.165) is 11.3 Å². The first-order chi connectivity index (χ1) is 11.5. The smallest absolute Gasteiger partial charge is 0.275 e. The molecule has 9 heteroatoms. The van der Waals surface area contributed by atoms with Gasteiger partial charge in [0.2, 0.25) is 5.91 Å². The van der Waals surface area contributed by atoms with Crippen molar-refractivity contribution in [3.8, 4) is 11.3 Å². The van der Waals surface area contributed by atoms with Gasteiger partial charge in [-0.05, 0) is 12.1 Å². The summed E-state index contributed by atoms with van der Waals surface area (Å²) >= 11 is 1.13. The minimum atomic E-state index is -0.484. The van der Waals surface area contributed by atoms with E-state index in [0.29, 0.717) is 22.1 Å². The standard InChI is InChI=1S/C15H12FN5O2S/c1-8(22)18-15-20-12(7-24-15)14(23)19-11-6-17-21-13(11)9-4-2-3-5-10(9)16/h2-7H,1H3,(H,17,21)(H,19,23)(H,18,20,22). The average molecular weight is 345 g/mol. The molecule has 0 spiro atoms. The number of anilines is 2. The lowest BCUT2D eigenvalue weighted by atomic mass is 10.1. The Bertz CT molecular complexity index is 905. The Morgan fingerprint density at radius 2 is 2.04 bits per heavy atom. The average Bonchev–Trinajstić information content (AvgIpc) is 3.17. The molecule has 0 fully saturated rings. The van der Waals surface area contributed by atoms with E-state index in [1.165, 1.54) is 24.6 Å². The quantitative estimate of drug-likeness (QED) is 0.677. The largest absolute Gasteiger partial charge is 0.317 e. The maximum atomic E-state index is 13.9. The third kappa shape index (κ3) is 3.30. The molecule has 0 bridgehead atoms. The first-order valence-corrected chi connectivity index (χ1v) is 7.75. The number of carbonyl (C=O) groups excluding carboxylic acids is 2. The number of rotatable bonds is 4. The van der Waals surface area contributed by atoms with Gasteiger partial charge in [0.05, 0.1) is 17.6 Å². The lowest BCUT2D eigenvalue weighted by molar-refractivity contribution is -0.114. The van der Waals surface area contributed by atoms with Gasteiger partial charge in [-0.15, -0.1) is 11.3 Å². The van der Waals surface area contributed by atoms with Crippen molar-refractivity contribution in [3.05, 3.63) is 47.4 Å². The molecule has 0 radical (unpaired) electrons. The zero-order chi connectivity index (χ0) is 17.1. The number of hydrogen-bond donors (Lipinski definition) is 3. The number of halogens is 1. The molecule has 3 rings (SSSR count). The molecule has 2 amide bonds. The van der Waals surface area contributed by atoms with Gasteiger partial charge in [0.1, 0.15) is 11.5 Å². The van der Waals surface area contributed by atoms with Gasteiger partial charge in [0.15, 0.2) is 5.13 Å². The van der Waals surface area contributed by atoms with Crippen LogP contribution in [0.4, 0.5) is 15.2 Å². The molecular weight excluding hydrogens is 333 g/mol. The summed E-state index contributed by atoms with van der Waals surface area (Å²) in [5.41, 5.74) is 1.13. The molecule has 7 nitrogen and oxygen atoms in total. The number of carbonyl (C=O) groups is 2. The van der Waals surface area contributed by atoms with Crippen molar-refractivity contribution in [1.29, 1.82) is 0 Å². The summed E-state index contributed by atoms with van der Waals surface area (Å²) in [4.78, 5) is 27.3. The Labute approximate surface area is 139 Å². The summed E-state index contributed by atoms with van der Waals surface area (Å²) in [6, 6.07) is 6.16. The van der Waals surface area contributed by atoms with Crippen molar-refractivity contribution in [3.63, 3.8) is 0 Å². The second-order valence-corrected chi connectivity index (χ2v) is 5.67. The van der Waals surface area contributed by atoms with Gasteiger partial charge in [-0.1, -0.05) is 12.1 Å². The van der Waals surface area contributed by atoms with Crippen molar-refractivity contribution in [2.75, 3.05) is 10.6 Å². The van der Waals surface area contributed by atoms with E-state index in [-0.39, 0.29) is 11.6 Å². The number of benzene rings is 1. The number of H-pyrrole nitrogens is 1. The summed E-state index contributed by atoms with van der Waals surface area (Å²) in [6.45, 7) is 1.35. The fourth-order valence-electron chi connectivity index (χ4n) is 2.02. The summed E-state index contributed by atoms with van der Waals surface area (Å²) in [7, 11) is 0. The number of nitrogens with zero attached hydrogens (tertiary/aromatic N) is 2. The number of aromatic nitrogens is 3. The molecule has 0 aliphatic carbocycles. The van der Waals surface area contributed by atoms with E-state index >= 15 is 0 Å². The topological polar surface area (TPSA) is 99.8 Å². The van der Waals surface area contributed by atoms with Gasteiger partial charge in [0.25, 0.3) is 5.91 Å². The van der Waals surface area contributed by atoms with Crippen molar-refractivity contribution < 1.29 is 14.0 Å². The van der Waals surface area contributed by atoms with Crippen LogP contribution in [0.2, 0.25) is 0 Å². The lowest BCUT2D eigenvalue weighted by Crippen LogP contribution is -2.13. The van der Waals surface area contributed by atoms with Crippen LogP contribution in [0, 0.1) is 5.82 Å². The zero-order valence-electron chi connectivity index (χ0n) is 12.5. The maximum absolute atomic E-state index is 13.9. The molecule has 122 valence electrons. The molecule has 3 aromatic rings. The van der Waals surface area contributed by atoms with Gasteiger partial charge in [0, 0.05) is 17.9 Å². The second kappa shape index (κ2) is 6.59. The van der Waals surface area contributed by atoms with Gasteiger partial charge in [-0.3, -0.25) is 14.7 Å². The Morgan fingerprint density at radius 1 is 1.25 bits per heavy atom. The Balaban J connectivity index is 1.81. The van der Waals surface area contributed by atoms with Crippen molar-refractivity contribution in [2.45, 2.75) is 6.92 Å². The molecule has 2 aromatic heterocycles. The van der Waals surface area contributed by atoms with Crippen LogP contribution < -0.4 is 10.6 Å². The molecule has 0 aliphatic rings. The van der Waals surface area contributed by atoms with Gasteiger partial charge >= 0.3 is 0 Å². The molecule has 1 aromatic carbocycles. The highest BCUT2D eigenvalue weighted by molar-refractivity contribution is 7.14. The van der Waals surface area contributed by atoms with Crippen LogP contribution in [-0.4, -0.2) is 27.0 Å². The molecule has 2 heterocycles. The minimum Gasteiger partial charge on any atom is -0.317 e. The van der Waals surface area contributed by atoms with Crippen molar-refractivity contribution in [2.24, 2.45) is 0 Å². The van der Waals surface area contributed by atoms with Crippen molar-refractivity contribution in [1.82, 2.24) is 15.2 Å². The Kier molecular flexibility index (Phi) is 4.34. The second-order valence-electron chi connectivity index (χ2n) is 4.81. The fraction of sp³-hybridized carbons (Fsp3) is 0.0667. The number of aromatic amines is 1. The van der Waals surface area contributed by atoms with Gasteiger partial charge < -0.3 is 10.6 Å². The number of thiazole rings is 1. The molecule has 24 heavy (non-hydrogen) atoms. The summed E-state index contributed by atoms with van der Waals surface area (Å²) in [6.07, 6.45) is 1.39. The van der Waals surface area contributed by atoms with Crippen molar-refractivity contribution >= 4 is 34.0 Å². The third-order valence-electron chi connectivity index (χ3n) is 3.05. The first kappa shape index (κ1) is 15.8. The highest BCUT2D eigenvalue weighted by Crippen LogP contribution is 2.28. The van der Waals surface area contributed by atoms with Gasteiger partial charge in [-0.25, -0.2) is 9.37 Å². The predicted octanol–water partition coefficient (Wildman–Crippen LogP) is 2.88. The molecular formula is C15H12FN5O2S. The lowest BCUT2D eigenvalue weighted by Gasteiger charge is -2.05. The zero-order valence-corrected chi connectivity index (χ0v) is 13.3. The third-order valence-corrected chi connectivity index (χ3v) is 3.81. The van der Waals surface area contributed by atoms with E-state index in [9.17, 15) is 14.0 Å². The van der Waals surface area contributed by atoms with E-state index in [2.05, 4.69) is 25.8 Å². The van der Waals surface area contributed by atoms with Crippen LogP contribution in [0.25, 0.3) is 11.3 Å². The molecule has 0 atom stereocenters. The number of amides is 2. The summed E-state index contributed by atoms with van der Waals surface area (Å²) < 4.78 is 13.9. The number of hydrogen-bond acceptors (Lipinski definition) is 5. The highest BCUT2D eigenvalue weighted by atomic mass is 32.1. The van der Waals surface area contributed by atoms with E-state index in [1.807, 2.05) is 0 Å². The summed E-state index contributed by atoms with van der Waals surface area (Å²) in [5, 5.41) is 13.5. The highest BCUT2D eigenvalue weighted by Gasteiger charge is 2.17. The predicted molar refractivity (Wildman–Crippen MR) is 88.4 cm³/mol.